The van der Waals surface area contributed by atoms with Gasteiger partial charge in [-0.25, -0.2) is 9.37 Å². The van der Waals surface area contributed by atoms with Crippen LogP contribution in [0.15, 0.2) is 91.8 Å². The van der Waals surface area contributed by atoms with E-state index in [0.717, 1.165) is 27.8 Å². The van der Waals surface area contributed by atoms with Gasteiger partial charge in [-0.05, 0) is 42.5 Å². The highest BCUT2D eigenvalue weighted by Crippen LogP contribution is 2.28. The Morgan fingerprint density at radius 1 is 0.852 bits per heavy atom. The highest BCUT2D eigenvalue weighted by molar-refractivity contribution is 5.90. The van der Waals surface area contributed by atoms with Crippen LogP contribution >= 0.6 is 0 Å². The Bertz CT molecular complexity index is 1240. The third-order valence-corrected chi connectivity index (χ3v) is 4.64. The number of imidazole rings is 1. The molecule has 0 amide bonds. The molecule has 0 bridgehead atoms. The molecule has 0 N–H and O–H groups in total. The number of hydrogen-bond donors (Lipinski definition) is 0. The van der Waals surface area contributed by atoms with Gasteiger partial charge in [-0.2, -0.15) is 0 Å². The first-order valence-corrected chi connectivity index (χ1v) is 8.61. The molecule has 0 aliphatic heterocycles. The molecular formula is C22H15FN4. The van der Waals surface area contributed by atoms with Crippen molar-refractivity contribution in [3.63, 3.8) is 0 Å². The summed E-state index contributed by atoms with van der Waals surface area (Å²) in [7, 11) is 0. The molecule has 0 atom stereocenters. The Kier molecular flexibility index (Phi) is 3.57. The molecule has 0 aliphatic carbocycles. The van der Waals surface area contributed by atoms with Crippen LogP contribution in [0.4, 0.5) is 4.39 Å². The van der Waals surface area contributed by atoms with E-state index in [1.54, 1.807) is 30.9 Å². The van der Waals surface area contributed by atoms with Gasteiger partial charge in [0.05, 0.1) is 28.9 Å². The molecule has 2 aromatic carbocycles. The van der Waals surface area contributed by atoms with Crippen molar-refractivity contribution in [3.8, 4) is 22.6 Å². The normalized spacial score (nSPS) is 11.1. The number of para-hydroxylation sites is 1. The van der Waals surface area contributed by atoms with Crippen molar-refractivity contribution >= 4 is 10.9 Å². The summed E-state index contributed by atoms with van der Waals surface area (Å²) in [5.41, 5.74) is 4.28. The molecule has 5 rings (SSSR count). The number of halogens is 1. The van der Waals surface area contributed by atoms with Crippen LogP contribution in [-0.4, -0.2) is 19.1 Å². The Labute approximate surface area is 155 Å². The summed E-state index contributed by atoms with van der Waals surface area (Å²) in [5.74, 6) is -0.248. The molecule has 3 heterocycles. The van der Waals surface area contributed by atoms with Crippen molar-refractivity contribution in [2.75, 3.05) is 0 Å². The van der Waals surface area contributed by atoms with Crippen LogP contribution in [0.1, 0.15) is 0 Å². The van der Waals surface area contributed by atoms with Crippen molar-refractivity contribution < 1.29 is 4.39 Å². The van der Waals surface area contributed by atoms with Gasteiger partial charge in [0.15, 0.2) is 0 Å². The summed E-state index contributed by atoms with van der Waals surface area (Å²) in [6.45, 7) is 0. The fourth-order valence-electron chi connectivity index (χ4n) is 3.35. The molecule has 130 valence electrons. The van der Waals surface area contributed by atoms with E-state index in [-0.39, 0.29) is 5.82 Å². The van der Waals surface area contributed by atoms with E-state index in [9.17, 15) is 4.39 Å². The average molecular weight is 354 g/mol. The van der Waals surface area contributed by atoms with Crippen molar-refractivity contribution in [1.29, 1.82) is 0 Å². The highest BCUT2D eigenvalue weighted by atomic mass is 19.1. The van der Waals surface area contributed by atoms with E-state index in [1.165, 1.54) is 6.07 Å². The second-order valence-corrected chi connectivity index (χ2v) is 6.25. The van der Waals surface area contributed by atoms with E-state index < -0.39 is 0 Å². The van der Waals surface area contributed by atoms with Crippen molar-refractivity contribution in [3.05, 3.63) is 97.6 Å². The van der Waals surface area contributed by atoms with Gasteiger partial charge in [0, 0.05) is 35.7 Å². The minimum atomic E-state index is -0.248. The lowest BCUT2D eigenvalue weighted by atomic mass is 10.2. The number of nitrogens with zero attached hydrogens (tertiary/aromatic N) is 4. The van der Waals surface area contributed by atoms with Gasteiger partial charge < -0.3 is 9.13 Å². The van der Waals surface area contributed by atoms with E-state index >= 15 is 0 Å². The average Bonchev–Trinajstić information content (AvgIpc) is 3.36. The standard InChI is InChI=1S/C22H15FN4/c23-18-6-1-2-7-22(18)27-12-10-17-20(8-3-9-21(17)27)26-14-19(25-15-26)16-5-4-11-24-13-16/h1-15H. The molecule has 0 fully saturated rings. The van der Waals surface area contributed by atoms with E-state index in [1.807, 2.05) is 64.0 Å². The van der Waals surface area contributed by atoms with Crippen LogP contribution in [0.2, 0.25) is 0 Å². The SMILES string of the molecule is Fc1ccccc1-n1ccc2c(-n3cnc(-c4cccnc4)c3)cccc21. The van der Waals surface area contributed by atoms with E-state index in [2.05, 4.69) is 9.97 Å². The number of hydrogen-bond acceptors (Lipinski definition) is 2. The number of pyridine rings is 1. The molecule has 0 unspecified atom stereocenters. The fourth-order valence-corrected chi connectivity index (χ4v) is 3.35. The Morgan fingerprint density at radius 3 is 2.59 bits per heavy atom. The minimum Gasteiger partial charge on any atom is -0.314 e. The largest absolute Gasteiger partial charge is 0.314 e. The number of rotatable bonds is 3. The van der Waals surface area contributed by atoms with E-state index in [0.29, 0.717) is 5.69 Å². The van der Waals surface area contributed by atoms with Crippen LogP contribution in [0, 0.1) is 5.82 Å². The first kappa shape index (κ1) is 15.5. The predicted molar refractivity (Wildman–Crippen MR) is 104 cm³/mol. The third kappa shape index (κ3) is 2.60. The zero-order valence-corrected chi connectivity index (χ0v) is 14.3. The lowest BCUT2D eigenvalue weighted by molar-refractivity contribution is 0.620. The molecule has 0 saturated carbocycles. The summed E-state index contributed by atoms with van der Waals surface area (Å²) in [4.78, 5) is 8.65. The van der Waals surface area contributed by atoms with E-state index in [4.69, 9.17) is 0 Å². The molecule has 0 saturated heterocycles. The molecule has 3 aromatic heterocycles. The molecule has 5 heteroatoms. The van der Waals surface area contributed by atoms with Gasteiger partial charge in [0.25, 0.3) is 0 Å². The molecular weight excluding hydrogens is 339 g/mol. The summed E-state index contributed by atoms with van der Waals surface area (Å²) in [6, 6.07) is 18.6. The fraction of sp³-hybridized carbons (Fsp3) is 0. The quantitative estimate of drug-likeness (QED) is 0.456. The Balaban J connectivity index is 1.64. The van der Waals surface area contributed by atoms with Gasteiger partial charge in [-0.3, -0.25) is 4.98 Å². The van der Waals surface area contributed by atoms with Gasteiger partial charge >= 0.3 is 0 Å². The van der Waals surface area contributed by atoms with Crippen LogP contribution in [0.3, 0.4) is 0 Å². The number of aromatic nitrogens is 4. The number of benzene rings is 2. The predicted octanol–water partition coefficient (Wildman–Crippen LogP) is 5.02. The zero-order valence-electron chi connectivity index (χ0n) is 14.3. The van der Waals surface area contributed by atoms with Crippen LogP contribution in [0.5, 0.6) is 0 Å². The second kappa shape index (κ2) is 6.21. The number of fused-ring (bicyclic) bond motifs is 1. The van der Waals surface area contributed by atoms with Gasteiger partial charge in [-0.15, -0.1) is 0 Å². The van der Waals surface area contributed by atoms with Crippen LogP contribution in [0.25, 0.3) is 33.5 Å². The van der Waals surface area contributed by atoms with Crippen LogP contribution in [-0.2, 0) is 0 Å². The summed E-state index contributed by atoms with van der Waals surface area (Å²) in [6.07, 6.45) is 9.20. The maximum atomic E-state index is 14.3. The Hall–Kier alpha value is -3.73. The Morgan fingerprint density at radius 2 is 1.74 bits per heavy atom. The smallest absolute Gasteiger partial charge is 0.147 e. The van der Waals surface area contributed by atoms with Crippen molar-refractivity contribution in [2.45, 2.75) is 0 Å². The molecule has 27 heavy (non-hydrogen) atoms. The first-order chi connectivity index (χ1) is 13.3. The van der Waals surface area contributed by atoms with Crippen molar-refractivity contribution in [1.82, 2.24) is 19.1 Å². The first-order valence-electron chi connectivity index (χ1n) is 8.61. The van der Waals surface area contributed by atoms with Gasteiger partial charge in [0.1, 0.15) is 5.82 Å². The molecule has 4 nitrogen and oxygen atoms in total. The monoisotopic (exact) mass is 354 g/mol. The molecule has 5 aromatic rings. The lowest BCUT2D eigenvalue weighted by Crippen LogP contribution is -1.96. The minimum absolute atomic E-state index is 0.248. The summed E-state index contributed by atoms with van der Waals surface area (Å²) < 4.78 is 18.1. The van der Waals surface area contributed by atoms with Crippen LogP contribution < -0.4 is 0 Å². The summed E-state index contributed by atoms with van der Waals surface area (Å²) in [5, 5.41) is 1.02. The highest BCUT2D eigenvalue weighted by Gasteiger charge is 2.12. The lowest BCUT2D eigenvalue weighted by Gasteiger charge is -2.08. The van der Waals surface area contributed by atoms with Crippen molar-refractivity contribution in [2.24, 2.45) is 0 Å². The molecule has 0 aliphatic rings. The molecule has 0 radical (unpaired) electrons. The topological polar surface area (TPSA) is 35.6 Å². The molecule has 0 spiro atoms. The maximum Gasteiger partial charge on any atom is 0.147 e. The maximum absolute atomic E-state index is 14.3. The second-order valence-electron chi connectivity index (χ2n) is 6.25. The third-order valence-electron chi connectivity index (χ3n) is 4.64. The van der Waals surface area contributed by atoms with Gasteiger partial charge in [0.2, 0.25) is 0 Å². The zero-order chi connectivity index (χ0) is 18.2. The summed E-state index contributed by atoms with van der Waals surface area (Å²) >= 11 is 0. The van der Waals surface area contributed by atoms with Gasteiger partial charge in [-0.1, -0.05) is 18.2 Å².